The number of hydrogen-bond acceptors (Lipinski definition) is 4. The number of aromatic nitrogens is 1. The third-order valence-corrected chi connectivity index (χ3v) is 6.16. The number of thioether (sulfide) groups is 2. The predicted octanol–water partition coefficient (Wildman–Crippen LogP) is 2.72. The van der Waals surface area contributed by atoms with E-state index in [0.29, 0.717) is 10.5 Å². The summed E-state index contributed by atoms with van der Waals surface area (Å²) < 4.78 is 13.2. The molecule has 94 valence electrons. The van der Waals surface area contributed by atoms with E-state index in [1.54, 1.807) is 12.3 Å². The molecule has 0 spiro atoms. The number of hydrogen-bond donors (Lipinski definition) is 1. The maximum Gasteiger partial charge on any atom is 0.141 e. The van der Waals surface area contributed by atoms with Gasteiger partial charge in [-0.05, 0) is 18.7 Å². The van der Waals surface area contributed by atoms with Crippen molar-refractivity contribution < 1.29 is 4.39 Å². The SMILES string of the molecule is CNC(c1cncc(F)c1)C1SCCSC1C. The molecule has 1 aliphatic rings. The van der Waals surface area contributed by atoms with Gasteiger partial charge in [-0.15, -0.1) is 0 Å². The zero-order valence-electron chi connectivity index (χ0n) is 10.0. The van der Waals surface area contributed by atoms with Crippen LogP contribution in [-0.4, -0.2) is 34.0 Å². The molecular weight excluding hydrogens is 255 g/mol. The summed E-state index contributed by atoms with van der Waals surface area (Å²) in [4.78, 5) is 3.94. The van der Waals surface area contributed by atoms with Crippen LogP contribution in [0.5, 0.6) is 0 Å². The fourth-order valence-corrected chi connectivity index (χ4v) is 5.12. The summed E-state index contributed by atoms with van der Waals surface area (Å²) in [7, 11) is 1.93. The van der Waals surface area contributed by atoms with Crippen molar-refractivity contribution in [2.45, 2.75) is 23.5 Å². The van der Waals surface area contributed by atoms with Gasteiger partial charge in [0.1, 0.15) is 5.82 Å². The Hall–Kier alpha value is -0.260. The lowest BCUT2D eigenvalue weighted by atomic mass is 10.0. The third kappa shape index (κ3) is 3.14. The zero-order valence-corrected chi connectivity index (χ0v) is 11.7. The number of nitrogens with one attached hydrogen (secondary N) is 1. The zero-order chi connectivity index (χ0) is 12.3. The van der Waals surface area contributed by atoms with Crippen LogP contribution in [0.4, 0.5) is 4.39 Å². The van der Waals surface area contributed by atoms with Gasteiger partial charge in [-0.25, -0.2) is 4.39 Å². The van der Waals surface area contributed by atoms with Crippen molar-refractivity contribution in [2.24, 2.45) is 0 Å². The Kier molecular flexibility index (Phi) is 4.70. The molecule has 17 heavy (non-hydrogen) atoms. The first kappa shape index (κ1) is 13.2. The van der Waals surface area contributed by atoms with Gasteiger partial charge in [-0.1, -0.05) is 6.92 Å². The van der Waals surface area contributed by atoms with Crippen molar-refractivity contribution in [1.82, 2.24) is 10.3 Å². The molecular formula is C12H17FN2S2. The predicted molar refractivity (Wildman–Crippen MR) is 74.2 cm³/mol. The van der Waals surface area contributed by atoms with Crippen LogP contribution in [-0.2, 0) is 0 Å². The molecule has 0 amide bonds. The first-order valence-electron chi connectivity index (χ1n) is 5.73. The summed E-state index contributed by atoms with van der Waals surface area (Å²) in [6, 6.07) is 1.76. The highest BCUT2D eigenvalue weighted by molar-refractivity contribution is 8.07. The highest BCUT2D eigenvalue weighted by Gasteiger charge is 2.30. The molecule has 0 aliphatic carbocycles. The minimum atomic E-state index is -0.260. The van der Waals surface area contributed by atoms with Crippen LogP contribution < -0.4 is 5.32 Å². The number of pyridine rings is 1. The van der Waals surface area contributed by atoms with E-state index >= 15 is 0 Å². The van der Waals surface area contributed by atoms with Crippen LogP contribution in [0, 0.1) is 5.82 Å². The first-order valence-corrected chi connectivity index (χ1v) is 7.83. The third-order valence-electron chi connectivity index (χ3n) is 2.96. The normalized spacial score (nSPS) is 26.8. The van der Waals surface area contributed by atoms with E-state index in [1.807, 2.05) is 30.6 Å². The molecule has 1 aromatic heterocycles. The summed E-state index contributed by atoms with van der Waals surface area (Å²) in [5, 5.41) is 4.36. The van der Waals surface area contributed by atoms with Crippen LogP contribution in [0.15, 0.2) is 18.5 Å². The maximum absolute atomic E-state index is 13.2. The van der Waals surface area contributed by atoms with Crippen molar-refractivity contribution in [3.05, 3.63) is 29.8 Å². The number of halogens is 1. The van der Waals surface area contributed by atoms with E-state index in [-0.39, 0.29) is 11.9 Å². The molecule has 2 heterocycles. The molecule has 0 saturated carbocycles. The lowest BCUT2D eigenvalue weighted by Crippen LogP contribution is -2.36. The number of rotatable bonds is 3. The Morgan fingerprint density at radius 2 is 2.18 bits per heavy atom. The van der Waals surface area contributed by atoms with Gasteiger partial charge in [0.2, 0.25) is 0 Å². The highest BCUT2D eigenvalue weighted by Crippen LogP contribution is 2.38. The first-order chi connectivity index (χ1) is 8.22. The average molecular weight is 272 g/mol. The molecule has 2 nitrogen and oxygen atoms in total. The molecule has 3 unspecified atom stereocenters. The van der Waals surface area contributed by atoms with Crippen molar-refractivity contribution in [3.8, 4) is 0 Å². The van der Waals surface area contributed by atoms with E-state index in [2.05, 4.69) is 17.2 Å². The molecule has 1 aliphatic heterocycles. The molecule has 3 atom stereocenters. The van der Waals surface area contributed by atoms with E-state index < -0.39 is 0 Å². The summed E-state index contributed by atoms with van der Waals surface area (Å²) in [5.41, 5.74) is 0.944. The Bertz CT molecular complexity index is 375. The van der Waals surface area contributed by atoms with Gasteiger partial charge in [0.15, 0.2) is 0 Å². The number of nitrogens with zero attached hydrogens (tertiary/aromatic N) is 1. The van der Waals surface area contributed by atoms with Gasteiger partial charge in [0.05, 0.1) is 6.20 Å². The van der Waals surface area contributed by atoms with E-state index in [4.69, 9.17) is 0 Å². The smallest absolute Gasteiger partial charge is 0.141 e. The van der Waals surface area contributed by atoms with Crippen molar-refractivity contribution in [2.75, 3.05) is 18.6 Å². The largest absolute Gasteiger partial charge is 0.312 e. The monoisotopic (exact) mass is 272 g/mol. The quantitative estimate of drug-likeness (QED) is 0.914. The molecule has 0 aromatic carbocycles. The van der Waals surface area contributed by atoms with E-state index in [9.17, 15) is 4.39 Å². The Labute approximate surface area is 110 Å². The fraction of sp³-hybridized carbons (Fsp3) is 0.583. The second kappa shape index (κ2) is 6.07. The topological polar surface area (TPSA) is 24.9 Å². The highest BCUT2D eigenvalue weighted by atomic mass is 32.2. The molecule has 1 saturated heterocycles. The standard InChI is InChI=1S/C12H17FN2S2/c1-8-12(17-4-3-16-8)11(14-2)9-5-10(13)7-15-6-9/h5-8,11-12,14H,3-4H2,1-2H3. The van der Waals surface area contributed by atoms with Gasteiger partial charge in [-0.2, -0.15) is 23.5 Å². The van der Waals surface area contributed by atoms with Crippen LogP contribution in [0.25, 0.3) is 0 Å². The van der Waals surface area contributed by atoms with Gasteiger partial charge >= 0.3 is 0 Å². The molecule has 2 rings (SSSR count). The Morgan fingerprint density at radius 3 is 2.82 bits per heavy atom. The summed E-state index contributed by atoms with van der Waals surface area (Å²) >= 11 is 3.96. The minimum Gasteiger partial charge on any atom is -0.312 e. The summed E-state index contributed by atoms with van der Waals surface area (Å²) in [6.07, 6.45) is 3.01. The average Bonchev–Trinajstić information content (AvgIpc) is 2.33. The summed E-state index contributed by atoms with van der Waals surface area (Å²) in [5.74, 6) is 2.12. The van der Waals surface area contributed by atoms with Gasteiger partial charge in [0, 0.05) is 34.2 Å². The molecule has 0 radical (unpaired) electrons. The Morgan fingerprint density at radius 1 is 1.41 bits per heavy atom. The Balaban J connectivity index is 2.20. The maximum atomic E-state index is 13.2. The van der Waals surface area contributed by atoms with Crippen molar-refractivity contribution >= 4 is 23.5 Å². The molecule has 0 bridgehead atoms. The minimum absolute atomic E-state index is 0.172. The second-order valence-electron chi connectivity index (χ2n) is 4.11. The summed E-state index contributed by atoms with van der Waals surface area (Å²) in [6.45, 7) is 2.25. The van der Waals surface area contributed by atoms with Crippen molar-refractivity contribution in [3.63, 3.8) is 0 Å². The van der Waals surface area contributed by atoms with Crippen LogP contribution >= 0.6 is 23.5 Å². The van der Waals surface area contributed by atoms with Crippen LogP contribution in [0.1, 0.15) is 18.5 Å². The lowest BCUT2D eigenvalue weighted by molar-refractivity contribution is 0.548. The van der Waals surface area contributed by atoms with Gasteiger partial charge in [0.25, 0.3) is 0 Å². The van der Waals surface area contributed by atoms with Gasteiger partial charge in [-0.3, -0.25) is 4.98 Å². The molecule has 5 heteroatoms. The van der Waals surface area contributed by atoms with Crippen molar-refractivity contribution in [1.29, 1.82) is 0 Å². The molecule has 1 fully saturated rings. The second-order valence-corrected chi connectivity index (χ2v) is 6.89. The fourth-order valence-electron chi connectivity index (χ4n) is 2.13. The lowest BCUT2D eigenvalue weighted by Gasteiger charge is -2.34. The van der Waals surface area contributed by atoms with Gasteiger partial charge < -0.3 is 5.32 Å². The van der Waals surface area contributed by atoms with Crippen LogP contribution in [0.3, 0.4) is 0 Å². The van der Waals surface area contributed by atoms with E-state index in [0.717, 1.165) is 5.56 Å². The van der Waals surface area contributed by atoms with Crippen LogP contribution in [0.2, 0.25) is 0 Å². The molecule has 1 aromatic rings. The molecule has 1 N–H and O–H groups in total. The van der Waals surface area contributed by atoms with E-state index in [1.165, 1.54) is 17.7 Å².